The third-order valence-corrected chi connectivity index (χ3v) is 5.21. The number of amides is 1. The van der Waals surface area contributed by atoms with Gasteiger partial charge in [-0.05, 0) is 42.2 Å². The van der Waals surface area contributed by atoms with Crippen LogP contribution in [0, 0.1) is 17.6 Å². The fourth-order valence-electron chi connectivity index (χ4n) is 3.10. The van der Waals surface area contributed by atoms with E-state index in [2.05, 4.69) is 5.32 Å². The molecule has 2 atom stereocenters. The molecule has 126 valence electrons. The van der Waals surface area contributed by atoms with Gasteiger partial charge in [0, 0.05) is 23.0 Å². The molecule has 1 aliphatic carbocycles. The highest BCUT2D eigenvalue weighted by molar-refractivity contribution is 6.36. The molecule has 0 aliphatic heterocycles. The Morgan fingerprint density at radius 2 is 1.96 bits per heavy atom. The fraction of sp³-hybridized carbons (Fsp3) is 0.278. The molecule has 0 spiro atoms. The van der Waals surface area contributed by atoms with Gasteiger partial charge in [0.2, 0.25) is 0 Å². The summed E-state index contributed by atoms with van der Waals surface area (Å²) in [5.74, 6) is -1.36. The summed E-state index contributed by atoms with van der Waals surface area (Å²) in [5.41, 5.74) is 0.231. The second-order valence-electron chi connectivity index (χ2n) is 6.19. The Kier molecular flexibility index (Phi) is 4.54. The molecule has 1 saturated carbocycles. The zero-order chi connectivity index (χ0) is 17.5. The monoisotopic (exact) mass is 369 g/mol. The van der Waals surface area contributed by atoms with Crippen LogP contribution in [0.5, 0.6) is 0 Å². The minimum Gasteiger partial charge on any atom is -0.351 e. The van der Waals surface area contributed by atoms with Gasteiger partial charge in [-0.25, -0.2) is 8.78 Å². The van der Waals surface area contributed by atoms with Crippen LogP contribution in [-0.2, 0) is 5.41 Å². The van der Waals surface area contributed by atoms with Gasteiger partial charge in [-0.1, -0.05) is 36.2 Å². The lowest BCUT2D eigenvalue weighted by Crippen LogP contribution is -2.34. The van der Waals surface area contributed by atoms with Gasteiger partial charge in [0.25, 0.3) is 5.91 Å². The van der Waals surface area contributed by atoms with Crippen molar-refractivity contribution in [1.29, 1.82) is 0 Å². The van der Waals surface area contributed by atoms with Gasteiger partial charge in [0.1, 0.15) is 11.6 Å². The summed E-state index contributed by atoms with van der Waals surface area (Å²) in [6, 6.07) is 8.19. The highest BCUT2D eigenvalue weighted by Gasteiger charge is 2.53. The van der Waals surface area contributed by atoms with Crippen LogP contribution < -0.4 is 5.32 Å². The van der Waals surface area contributed by atoms with Crippen molar-refractivity contribution < 1.29 is 13.6 Å². The van der Waals surface area contributed by atoms with Gasteiger partial charge in [0.05, 0.1) is 10.6 Å². The van der Waals surface area contributed by atoms with Gasteiger partial charge in [-0.2, -0.15) is 0 Å². The summed E-state index contributed by atoms with van der Waals surface area (Å²) >= 11 is 11.9. The van der Waals surface area contributed by atoms with E-state index in [4.69, 9.17) is 23.2 Å². The first-order valence-electron chi connectivity index (χ1n) is 7.52. The molecular formula is C18H15Cl2F2NO. The standard InChI is InChI=1S/C18H15Cl2F2NO/c1-10-8-18(10,14-5-3-12(21)7-16(14)22)9-23-17(24)13-4-2-11(19)6-15(13)20/h2-7,10H,8-9H2,1H3,(H,23,24). The maximum absolute atomic E-state index is 14.1. The van der Waals surface area contributed by atoms with Gasteiger partial charge >= 0.3 is 0 Å². The molecule has 0 bridgehead atoms. The molecule has 0 aromatic heterocycles. The second-order valence-corrected chi connectivity index (χ2v) is 7.04. The van der Waals surface area contributed by atoms with Gasteiger partial charge in [-0.15, -0.1) is 0 Å². The molecule has 2 nitrogen and oxygen atoms in total. The van der Waals surface area contributed by atoms with E-state index in [1.54, 1.807) is 12.1 Å². The minimum atomic E-state index is -0.614. The first-order valence-corrected chi connectivity index (χ1v) is 8.28. The van der Waals surface area contributed by atoms with Gasteiger partial charge < -0.3 is 5.32 Å². The average molecular weight is 370 g/mol. The molecule has 1 aliphatic rings. The number of hydrogen-bond donors (Lipinski definition) is 1. The first kappa shape index (κ1) is 17.2. The van der Waals surface area contributed by atoms with E-state index in [9.17, 15) is 13.6 Å². The second kappa shape index (κ2) is 6.34. The van der Waals surface area contributed by atoms with E-state index in [-0.39, 0.29) is 23.4 Å². The van der Waals surface area contributed by atoms with Crippen LogP contribution in [0.4, 0.5) is 8.78 Å². The average Bonchev–Trinajstić information content (AvgIpc) is 3.16. The molecule has 1 amide bonds. The number of hydrogen-bond acceptors (Lipinski definition) is 1. The highest BCUT2D eigenvalue weighted by Crippen LogP contribution is 2.54. The van der Waals surface area contributed by atoms with E-state index in [1.807, 2.05) is 6.92 Å². The van der Waals surface area contributed by atoms with Crippen LogP contribution >= 0.6 is 23.2 Å². The fourth-order valence-corrected chi connectivity index (χ4v) is 3.60. The van der Waals surface area contributed by atoms with Crippen molar-refractivity contribution in [1.82, 2.24) is 5.32 Å². The summed E-state index contributed by atoms with van der Waals surface area (Å²) in [5, 5.41) is 3.50. The molecule has 2 aromatic carbocycles. The minimum absolute atomic E-state index is 0.193. The van der Waals surface area contributed by atoms with Crippen LogP contribution in [0.25, 0.3) is 0 Å². The van der Waals surface area contributed by atoms with Crippen LogP contribution in [0.15, 0.2) is 36.4 Å². The third-order valence-electron chi connectivity index (χ3n) is 4.66. The number of halogens is 4. The number of carbonyl (C=O) groups excluding carboxylic acids is 1. The summed E-state index contributed by atoms with van der Waals surface area (Å²) in [7, 11) is 0. The molecule has 2 aromatic rings. The maximum Gasteiger partial charge on any atom is 0.252 e. The van der Waals surface area contributed by atoms with Crippen LogP contribution in [-0.4, -0.2) is 12.5 Å². The molecule has 1 fully saturated rings. The Balaban J connectivity index is 1.78. The Morgan fingerprint density at radius 3 is 2.54 bits per heavy atom. The third kappa shape index (κ3) is 3.13. The van der Waals surface area contributed by atoms with E-state index in [0.29, 0.717) is 16.1 Å². The largest absolute Gasteiger partial charge is 0.351 e. The lowest BCUT2D eigenvalue weighted by atomic mass is 9.92. The van der Waals surface area contributed by atoms with Crippen molar-refractivity contribution >= 4 is 29.1 Å². The predicted octanol–water partition coefficient (Wildman–Crippen LogP) is 4.98. The SMILES string of the molecule is CC1CC1(CNC(=O)c1ccc(Cl)cc1Cl)c1ccc(F)cc1F. The number of carbonyl (C=O) groups is 1. The normalized spacial score (nSPS) is 22.3. The van der Waals surface area contributed by atoms with Gasteiger partial charge in [-0.3, -0.25) is 4.79 Å². The molecular weight excluding hydrogens is 355 g/mol. The smallest absolute Gasteiger partial charge is 0.252 e. The molecule has 24 heavy (non-hydrogen) atoms. The molecule has 6 heteroatoms. The zero-order valence-electron chi connectivity index (χ0n) is 12.9. The topological polar surface area (TPSA) is 29.1 Å². The van der Waals surface area contributed by atoms with Crippen molar-refractivity contribution in [3.8, 4) is 0 Å². The quantitative estimate of drug-likeness (QED) is 0.808. The summed E-state index contributed by atoms with van der Waals surface area (Å²) in [6.07, 6.45) is 0.726. The van der Waals surface area contributed by atoms with Crippen molar-refractivity contribution in [2.45, 2.75) is 18.8 Å². The lowest BCUT2D eigenvalue weighted by Gasteiger charge is -2.19. The predicted molar refractivity (Wildman–Crippen MR) is 90.6 cm³/mol. The Hall–Kier alpha value is -1.65. The number of benzene rings is 2. The molecule has 0 radical (unpaired) electrons. The van der Waals surface area contributed by atoms with E-state index >= 15 is 0 Å². The first-order chi connectivity index (χ1) is 11.3. The Morgan fingerprint density at radius 1 is 1.25 bits per heavy atom. The van der Waals surface area contributed by atoms with E-state index in [0.717, 1.165) is 12.5 Å². The highest BCUT2D eigenvalue weighted by atomic mass is 35.5. The Labute approximate surface area is 148 Å². The molecule has 0 heterocycles. The summed E-state index contributed by atoms with van der Waals surface area (Å²) in [4.78, 5) is 12.3. The molecule has 0 saturated heterocycles. The lowest BCUT2D eigenvalue weighted by molar-refractivity contribution is 0.0949. The maximum atomic E-state index is 14.1. The Bertz CT molecular complexity index is 812. The van der Waals surface area contributed by atoms with Crippen molar-refractivity contribution in [2.75, 3.05) is 6.54 Å². The molecule has 3 rings (SSSR count). The number of rotatable bonds is 4. The summed E-state index contributed by atoms with van der Waals surface area (Å²) < 4.78 is 27.3. The van der Waals surface area contributed by atoms with Crippen molar-refractivity contribution in [2.24, 2.45) is 5.92 Å². The van der Waals surface area contributed by atoms with Crippen LogP contribution in [0.2, 0.25) is 10.0 Å². The molecule has 2 unspecified atom stereocenters. The van der Waals surface area contributed by atoms with Crippen LogP contribution in [0.1, 0.15) is 29.3 Å². The molecule has 1 N–H and O–H groups in total. The van der Waals surface area contributed by atoms with Crippen molar-refractivity contribution in [3.63, 3.8) is 0 Å². The number of nitrogens with one attached hydrogen (secondary N) is 1. The van der Waals surface area contributed by atoms with E-state index < -0.39 is 17.0 Å². The summed E-state index contributed by atoms with van der Waals surface area (Å²) in [6.45, 7) is 2.23. The van der Waals surface area contributed by atoms with Crippen LogP contribution in [0.3, 0.4) is 0 Å². The van der Waals surface area contributed by atoms with Crippen molar-refractivity contribution in [3.05, 3.63) is 69.2 Å². The zero-order valence-corrected chi connectivity index (χ0v) is 14.4. The van der Waals surface area contributed by atoms with Gasteiger partial charge in [0.15, 0.2) is 0 Å². The van der Waals surface area contributed by atoms with E-state index in [1.165, 1.54) is 18.2 Å².